The molecule has 2 aliphatic heterocycles. The molecule has 0 bridgehead atoms. The number of amides is 1. The molecule has 7 heteroatoms. The van der Waals surface area contributed by atoms with Crippen molar-refractivity contribution < 1.29 is 28.9 Å². The summed E-state index contributed by atoms with van der Waals surface area (Å²) in [5.41, 5.74) is 1.18. The number of fused-ring (bicyclic) bond motifs is 1. The van der Waals surface area contributed by atoms with Gasteiger partial charge in [0.1, 0.15) is 11.5 Å². The van der Waals surface area contributed by atoms with Crippen LogP contribution in [0.25, 0.3) is 5.76 Å². The van der Waals surface area contributed by atoms with Gasteiger partial charge >= 0.3 is 0 Å². The van der Waals surface area contributed by atoms with Crippen molar-refractivity contribution in [3.8, 4) is 17.2 Å². The van der Waals surface area contributed by atoms with Crippen molar-refractivity contribution in [3.63, 3.8) is 0 Å². The zero-order valence-electron chi connectivity index (χ0n) is 16.2. The van der Waals surface area contributed by atoms with Gasteiger partial charge in [0.25, 0.3) is 11.7 Å². The van der Waals surface area contributed by atoms with E-state index in [0.29, 0.717) is 35.8 Å². The second kappa shape index (κ2) is 7.50. The van der Waals surface area contributed by atoms with Crippen molar-refractivity contribution in [2.24, 2.45) is 0 Å². The minimum Gasteiger partial charge on any atom is -0.507 e. The summed E-state index contributed by atoms with van der Waals surface area (Å²) >= 11 is 0. The topological polar surface area (TPSA) is 85.3 Å². The normalized spacial score (nSPS) is 19.7. The number of ketones is 1. The van der Waals surface area contributed by atoms with E-state index in [9.17, 15) is 14.7 Å². The number of aliphatic hydroxyl groups excluding tert-OH is 1. The number of rotatable bonds is 5. The Kier molecular flexibility index (Phi) is 4.88. The third-order valence-electron chi connectivity index (χ3n) is 5.08. The molecule has 1 fully saturated rings. The van der Waals surface area contributed by atoms with E-state index in [1.807, 2.05) is 6.92 Å². The maximum Gasteiger partial charge on any atom is 0.295 e. The van der Waals surface area contributed by atoms with Gasteiger partial charge in [-0.25, -0.2) is 0 Å². The molecular weight excluding hydrogens is 374 g/mol. The van der Waals surface area contributed by atoms with Gasteiger partial charge in [0.2, 0.25) is 6.79 Å². The number of carbonyl (C=O) groups is 2. The molecule has 0 aliphatic carbocycles. The number of nitrogens with zero attached hydrogens (tertiary/aromatic N) is 1. The van der Waals surface area contributed by atoms with Gasteiger partial charge in [-0.3, -0.25) is 9.59 Å². The summed E-state index contributed by atoms with van der Waals surface area (Å²) in [4.78, 5) is 27.1. The fourth-order valence-corrected chi connectivity index (χ4v) is 3.68. The Morgan fingerprint density at radius 3 is 2.55 bits per heavy atom. The van der Waals surface area contributed by atoms with Gasteiger partial charge in [-0.1, -0.05) is 19.1 Å². The standard InChI is InChI=1S/C22H21NO6/c1-3-10-23-19(13-4-7-15(27-2)8-5-13)18(21(25)22(23)26)20(24)14-6-9-16-17(11-14)29-12-28-16/h4-9,11,19,24H,3,10,12H2,1-2H3/b20-18-. The summed E-state index contributed by atoms with van der Waals surface area (Å²) in [6.07, 6.45) is 0.684. The highest BCUT2D eigenvalue weighted by molar-refractivity contribution is 6.46. The zero-order valence-corrected chi connectivity index (χ0v) is 16.2. The van der Waals surface area contributed by atoms with Crippen molar-refractivity contribution >= 4 is 17.4 Å². The van der Waals surface area contributed by atoms with Crippen LogP contribution in [0.5, 0.6) is 17.2 Å². The van der Waals surface area contributed by atoms with Crippen LogP contribution >= 0.6 is 0 Å². The maximum absolute atomic E-state index is 12.9. The number of carbonyl (C=O) groups excluding carboxylic acids is 2. The van der Waals surface area contributed by atoms with Crippen LogP contribution in [-0.2, 0) is 9.59 Å². The first kappa shape index (κ1) is 18.9. The van der Waals surface area contributed by atoms with E-state index >= 15 is 0 Å². The SMILES string of the molecule is CCCN1C(=O)C(=O)/C(=C(\O)c2ccc3c(c2)OCO3)C1c1ccc(OC)cc1. The third-order valence-corrected chi connectivity index (χ3v) is 5.08. The average molecular weight is 395 g/mol. The van der Waals surface area contributed by atoms with E-state index < -0.39 is 17.7 Å². The molecule has 2 aromatic carbocycles. The third kappa shape index (κ3) is 3.18. The molecule has 29 heavy (non-hydrogen) atoms. The van der Waals surface area contributed by atoms with Gasteiger partial charge in [-0.2, -0.15) is 0 Å². The molecule has 1 saturated heterocycles. The molecular formula is C22H21NO6. The van der Waals surface area contributed by atoms with Crippen LogP contribution in [0.2, 0.25) is 0 Å². The summed E-state index contributed by atoms with van der Waals surface area (Å²) < 4.78 is 15.9. The van der Waals surface area contributed by atoms with E-state index in [1.165, 1.54) is 4.90 Å². The Morgan fingerprint density at radius 2 is 1.86 bits per heavy atom. The van der Waals surface area contributed by atoms with Crippen LogP contribution in [0.4, 0.5) is 0 Å². The van der Waals surface area contributed by atoms with Crippen molar-refractivity contribution in [1.82, 2.24) is 4.90 Å². The second-order valence-corrected chi connectivity index (χ2v) is 6.83. The number of aliphatic hydroxyl groups is 1. The number of hydrogen-bond donors (Lipinski definition) is 1. The lowest BCUT2D eigenvalue weighted by Crippen LogP contribution is -2.30. The van der Waals surface area contributed by atoms with Gasteiger partial charge in [0.15, 0.2) is 11.5 Å². The number of benzene rings is 2. The lowest BCUT2D eigenvalue weighted by molar-refractivity contribution is -0.139. The lowest BCUT2D eigenvalue weighted by Gasteiger charge is -2.25. The monoisotopic (exact) mass is 395 g/mol. The molecule has 1 N–H and O–H groups in total. The van der Waals surface area contributed by atoms with Crippen LogP contribution in [0, 0.1) is 0 Å². The van der Waals surface area contributed by atoms with Crippen molar-refractivity contribution in [1.29, 1.82) is 0 Å². The Balaban J connectivity index is 1.84. The minimum absolute atomic E-state index is 0.0625. The van der Waals surface area contributed by atoms with Gasteiger partial charge < -0.3 is 24.2 Å². The number of likely N-dealkylation sites (tertiary alicyclic amines) is 1. The number of methoxy groups -OCH3 is 1. The van der Waals surface area contributed by atoms with E-state index in [-0.39, 0.29) is 18.1 Å². The minimum atomic E-state index is -0.700. The van der Waals surface area contributed by atoms with Crippen LogP contribution in [0.3, 0.4) is 0 Å². The summed E-state index contributed by atoms with van der Waals surface area (Å²) in [5.74, 6) is 0.167. The van der Waals surface area contributed by atoms with Gasteiger partial charge in [-0.15, -0.1) is 0 Å². The molecule has 2 aromatic rings. The highest BCUT2D eigenvalue weighted by atomic mass is 16.7. The molecule has 0 spiro atoms. The molecule has 2 aliphatic rings. The zero-order chi connectivity index (χ0) is 20.5. The smallest absolute Gasteiger partial charge is 0.295 e. The first-order chi connectivity index (χ1) is 14.0. The molecule has 150 valence electrons. The Hall–Kier alpha value is -3.48. The highest BCUT2D eigenvalue weighted by Crippen LogP contribution is 2.41. The van der Waals surface area contributed by atoms with Crippen molar-refractivity contribution in [2.75, 3.05) is 20.4 Å². The first-order valence-electron chi connectivity index (χ1n) is 9.37. The van der Waals surface area contributed by atoms with Gasteiger partial charge in [-0.05, 0) is 42.3 Å². The fraction of sp³-hybridized carbons (Fsp3) is 0.273. The Bertz CT molecular complexity index is 995. The Labute approximate surface area is 168 Å². The van der Waals surface area contributed by atoms with E-state index in [1.54, 1.807) is 49.6 Å². The summed E-state index contributed by atoms with van der Waals surface area (Å²) in [7, 11) is 1.57. The van der Waals surface area contributed by atoms with Crippen LogP contribution < -0.4 is 14.2 Å². The molecule has 0 radical (unpaired) electrons. The lowest BCUT2D eigenvalue weighted by atomic mass is 9.95. The molecule has 0 saturated carbocycles. The van der Waals surface area contributed by atoms with E-state index in [4.69, 9.17) is 14.2 Å². The predicted octanol–water partition coefficient (Wildman–Crippen LogP) is 3.26. The molecule has 7 nitrogen and oxygen atoms in total. The molecule has 4 rings (SSSR count). The number of hydrogen-bond acceptors (Lipinski definition) is 6. The van der Waals surface area contributed by atoms with E-state index in [0.717, 1.165) is 5.56 Å². The summed E-state index contributed by atoms with van der Waals surface area (Å²) in [5, 5.41) is 11.0. The summed E-state index contributed by atoms with van der Waals surface area (Å²) in [6.45, 7) is 2.44. The molecule has 1 amide bonds. The summed E-state index contributed by atoms with van der Waals surface area (Å²) in [6, 6.07) is 11.4. The van der Waals surface area contributed by atoms with Crippen LogP contribution in [0.15, 0.2) is 48.0 Å². The fourth-order valence-electron chi connectivity index (χ4n) is 3.68. The molecule has 1 atom stereocenters. The molecule has 2 heterocycles. The van der Waals surface area contributed by atoms with Crippen molar-refractivity contribution in [2.45, 2.75) is 19.4 Å². The quantitative estimate of drug-likeness (QED) is 0.475. The molecule has 1 unspecified atom stereocenters. The van der Waals surface area contributed by atoms with Gasteiger partial charge in [0.05, 0.1) is 18.7 Å². The Morgan fingerprint density at radius 1 is 1.14 bits per heavy atom. The highest BCUT2D eigenvalue weighted by Gasteiger charge is 2.45. The predicted molar refractivity (Wildman–Crippen MR) is 105 cm³/mol. The number of ether oxygens (including phenoxy) is 3. The van der Waals surface area contributed by atoms with Crippen LogP contribution in [-0.4, -0.2) is 42.1 Å². The van der Waals surface area contributed by atoms with E-state index in [2.05, 4.69) is 0 Å². The first-order valence-corrected chi connectivity index (χ1v) is 9.37. The largest absolute Gasteiger partial charge is 0.507 e. The van der Waals surface area contributed by atoms with Crippen molar-refractivity contribution in [3.05, 3.63) is 59.2 Å². The maximum atomic E-state index is 12.9. The average Bonchev–Trinajstić information content (AvgIpc) is 3.31. The van der Waals surface area contributed by atoms with Crippen LogP contribution in [0.1, 0.15) is 30.5 Å². The molecule has 0 aromatic heterocycles. The van der Waals surface area contributed by atoms with Gasteiger partial charge in [0, 0.05) is 12.1 Å². The second-order valence-electron chi connectivity index (χ2n) is 6.83. The number of Topliss-reactive ketones (excluding diaryl/α,β-unsaturated/α-hetero) is 1.